The van der Waals surface area contributed by atoms with Crippen molar-refractivity contribution in [1.82, 2.24) is 9.80 Å². The van der Waals surface area contributed by atoms with Crippen molar-refractivity contribution >= 4 is 9.84 Å². The molecule has 0 heterocycles. The third-order valence-electron chi connectivity index (χ3n) is 3.23. The van der Waals surface area contributed by atoms with Crippen LogP contribution < -0.4 is 0 Å². The standard InChI is InChI=1S/C15H23N3O2S/c1-17(2)9-4-10-18(3)11-12-21(19,20)15-7-5-14(13-16)6-8-15/h5-8H,4,9-12H2,1-3H3. The fourth-order valence-corrected chi connectivity index (χ4v) is 3.24. The van der Waals surface area contributed by atoms with Gasteiger partial charge in [0.05, 0.1) is 22.3 Å². The summed E-state index contributed by atoms with van der Waals surface area (Å²) in [5, 5.41) is 8.72. The lowest BCUT2D eigenvalue weighted by Crippen LogP contribution is -2.28. The van der Waals surface area contributed by atoms with Crippen LogP contribution in [0.1, 0.15) is 12.0 Å². The second kappa shape index (κ2) is 8.13. The molecule has 0 aliphatic heterocycles. The van der Waals surface area contributed by atoms with E-state index in [1.54, 1.807) is 0 Å². The van der Waals surface area contributed by atoms with Crippen LogP contribution in [0.15, 0.2) is 29.2 Å². The molecule has 0 aliphatic carbocycles. The van der Waals surface area contributed by atoms with Crippen molar-refractivity contribution in [2.75, 3.05) is 46.5 Å². The maximum Gasteiger partial charge on any atom is 0.179 e. The van der Waals surface area contributed by atoms with Gasteiger partial charge in [-0.15, -0.1) is 0 Å². The molecule has 0 aromatic heterocycles. The Hall–Kier alpha value is -1.42. The maximum absolute atomic E-state index is 12.2. The average Bonchev–Trinajstić information content (AvgIpc) is 2.45. The summed E-state index contributed by atoms with van der Waals surface area (Å²) < 4.78 is 24.4. The molecule has 0 fully saturated rings. The predicted molar refractivity (Wildman–Crippen MR) is 83.9 cm³/mol. The van der Waals surface area contributed by atoms with E-state index in [0.717, 1.165) is 19.5 Å². The minimum Gasteiger partial charge on any atom is -0.309 e. The van der Waals surface area contributed by atoms with Crippen molar-refractivity contribution in [3.63, 3.8) is 0 Å². The van der Waals surface area contributed by atoms with Gasteiger partial charge in [0, 0.05) is 6.54 Å². The molecule has 0 bridgehead atoms. The van der Waals surface area contributed by atoms with Crippen molar-refractivity contribution < 1.29 is 8.42 Å². The summed E-state index contributed by atoms with van der Waals surface area (Å²) in [5.41, 5.74) is 0.467. The van der Waals surface area contributed by atoms with E-state index >= 15 is 0 Å². The molecular formula is C15H23N3O2S. The SMILES string of the molecule is CN(C)CCCN(C)CCS(=O)(=O)c1ccc(C#N)cc1. The zero-order chi connectivity index (χ0) is 15.9. The molecule has 0 amide bonds. The van der Waals surface area contributed by atoms with Gasteiger partial charge in [-0.1, -0.05) is 0 Å². The zero-order valence-corrected chi connectivity index (χ0v) is 13.7. The maximum atomic E-state index is 12.2. The van der Waals surface area contributed by atoms with Crippen LogP contribution in [0, 0.1) is 11.3 Å². The Labute approximate surface area is 127 Å². The number of nitrogens with zero attached hydrogens (tertiary/aromatic N) is 3. The number of sulfone groups is 1. The molecule has 21 heavy (non-hydrogen) atoms. The van der Waals surface area contributed by atoms with Gasteiger partial charge in [0.25, 0.3) is 0 Å². The second-order valence-electron chi connectivity index (χ2n) is 5.42. The molecule has 0 saturated carbocycles. The largest absolute Gasteiger partial charge is 0.309 e. The fourth-order valence-electron chi connectivity index (χ4n) is 1.90. The summed E-state index contributed by atoms with van der Waals surface area (Å²) >= 11 is 0. The van der Waals surface area contributed by atoms with Gasteiger partial charge in [-0.05, 0) is 64.9 Å². The van der Waals surface area contributed by atoms with E-state index in [-0.39, 0.29) is 10.6 Å². The van der Waals surface area contributed by atoms with E-state index in [9.17, 15) is 8.42 Å². The lowest BCUT2D eigenvalue weighted by molar-refractivity contribution is 0.312. The van der Waals surface area contributed by atoms with Crippen LogP contribution in [0.5, 0.6) is 0 Å². The third-order valence-corrected chi connectivity index (χ3v) is 4.94. The first kappa shape index (κ1) is 17.6. The van der Waals surface area contributed by atoms with E-state index in [0.29, 0.717) is 12.1 Å². The van der Waals surface area contributed by atoms with Gasteiger partial charge in [0.2, 0.25) is 0 Å². The Kier molecular flexibility index (Phi) is 6.82. The van der Waals surface area contributed by atoms with Crippen LogP contribution >= 0.6 is 0 Å². The molecule has 1 rings (SSSR count). The molecule has 0 saturated heterocycles. The quantitative estimate of drug-likeness (QED) is 0.722. The lowest BCUT2D eigenvalue weighted by atomic mass is 10.2. The van der Waals surface area contributed by atoms with Gasteiger partial charge in [0.15, 0.2) is 9.84 Å². The van der Waals surface area contributed by atoms with Gasteiger partial charge < -0.3 is 9.80 Å². The number of nitriles is 1. The summed E-state index contributed by atoms with van der Waals surface area (Å²) in [4.78, 5) is 4.43. The molecule has 5 nitrogen and oxygen atoms in total. The minimum absolute atomic E-state index is 0.0946. The van der Waals surface area contributed by atoms with E-state index < -0.39 is 9.84 Å². The smallest absolute Gasteiger partial charge is 0.179 e. The third kappa shape index (κ3) is 6.25. The van der Waals surface area contributed by atoms with Crippen LogP contribution in [0.2, 0.25) is 0 Å². The minimum atomic E-state index is -3.28. The van der Waals surface area contributed by atoms with Crippen LogP contribution in [-0.4, -0.2) is 64.7 Å². The van der Waals surface area contributed by atoms with Crippen molar-refractivity contribution in [2.24, 2.45) is 0 Å². The molecule has 0 spiro atoms. The first-order valence-corrected chi connectivity index (χ1v) is 8.56. The van der Waals surface area contributed by atoms with Gasteiger partial charge >= 0.3 is 0 Å². The zero-order valence-electron chi connectivity index (χ0n) is 12.9. The summed E-state index contributed by atoms with van der Waals surface area (Å²) in [5.74, 6) is 0.0946. The normalized spacial score (nSPS) is 11.8. The average molecular weight is 309 g/mol. The molecule has 0 N–H and O–H groups in total. The summed E-state index contributed by atoms with van der Waals surface area (Å²) in [6.45, 7) is 2.38. The number of hydrogen-bond acceptors (Lipinski definition) is 5. The molecular weight excluding hydrogens is 286 g/mol. The first-order valence-electron chi connectivity index (χ1n) is 6.91. The van der Waals surface area contributed by atoms with Gasteiger partial charge in [-0.2, -0.15) is 5.26 Å². The Balaban J connectivity index is 2.50. The van der Waals surface area contributed by atoms with E-state index in [1.165, 1.54) is 24.3 Å². The van der Waals surface area contributed by atoms with Crippen LogP contribution in [0.25, 0.3) is 0 Å². The molecule has 0 unspecified atom stereocenters. The van der Waals surface area contributed by atoms with Gasteiger partial charge in [-0.3, -0.25) is 0 Å². The second-order valence-corrected chi connectivity index (χ2v) is 7.52. The number of hydrogen-bond donors (Lipinski definition) is 0. The molecule has 116 valence electrons. The van der Waals surface area contributed by atoms with Crippen LogP contribution in [0.4, 0.5) is 0 Å². The van der Waals surface area contributed by atoms with Gasteiger partial charge in [0.1, 0.15) is 0 Å². The highest BCUT2D eigenvalue weighted by atomic mass is 32.2. The van der Waals surface area contributed by atoms with Crippen molar-refractivity contribution in [3.8, 4) is 6.07 Å². The molecule has 1 aromatic carbocycles. The van der Waals surface area contributed by atoms with Crippen LogP contribution in [0.3, 0.4) is 0 Å². The van der Waals surface area contributed by atoms with Crippen molar-refractivity contribution in [3.05, 3.63) is 29.8 Å². The Morgan fingerprint density at radius 3 is 2.19 bits per heavy atom. The Morgan fingerprint density at radius 1 is 1.05 bits per heavy atom. The molecule has 1 aromatic rings. The molecule has 0 radical (unpaired) electrons. The number of rotatable bonds is 8. The highest BCUT2D eigenvalue weighted by molar-refractivity contribution is 7.91. The number of benzene rings is 1. The van der Waals surface area contributed by atoms with Gasteiger partial charge in [-0.25, -0.2) is 8.42 Å². The summed E-state index contributed by atoms with van der Waals surface area (Å²) in [7, 11) is 2.70. The monoisotopic (exact) mass is 309 g/mol. The Bertz CT molecular complexity index is 574. The topological polar surface area (TPSA) is 64.4 Å². The summed E-state index contributed by atoms with van der Waals surface area (Å²) in [6, 6.07) is 8.05. The van der Waals surface area contributed by atoms with Crippen molar-refractivity contribution in [2.45, 2.75) is 11.3 Å². The fraction of sp³-hybridized carbons (Fsp3) is 0.533. The summed E-state index contributed by atoms with van der Waals surface area (Å²) in [6.07, 6.45) is 1.01. The Morgan fingerprint density at radius 2 is 1.67 bits per heavy atom. The predicted octanol–water partition coefficient (Wildman–Crippen LogP) is 1.22. The molecule has 0 atom stereocenters. The van der Waals surface area contributed by atoms with Crippen LogP contribution in [-0.2, 0) is 9.84 Å². The van der Waals surface area contributed by atoms with E-state index in [4.69, 9.17) is 5.26 Å². The first-order chi connectivity index (χ1) is 9.85. The highest BCUT2D eigenvalue weighted by Crippen LogP contribution is 2.12. The van der Waals surface area contributed by atoms with E-state index in [1.807, 2.05) is 32.1 Å². The highest BCUT2D eigenvalue weighted by Gasteiger charge is 2.15. The molecule has 0 aliphatic rings. The molecule has 6 heteroatoms. The lowest BCUT2D eigenvalue weighted by Gasteiger charge is -2.18. The van der Waals surface area contributed by atoms with E-state index in [2.05, 4.69) is 4.90 Å². The van der Waals surface area contributed by atoms with Crippen molar-refractivity contribution in [1.29, 1.82) is 5.26 Å².